The van der Waals surface area contributed by atoms with Gasteiger partial charge in [0, 0.05) is 19.1 Å². The molecule has 2 heterocycles. The first kappa shape index (κ1) is 19.4. The van der Waals surface area contributed by atoms with Crippen LogP contribution >= 0.6 is 11.6 Å². The largest absolute Gasteiger partial charge is 0.444 e. The Morgan fingerprint density at radius 2 is 1.93 bits per heavy atom. The molecule has 1 aliphatic heterocycles. The third-order valence-electron chi connectivity index (χ3n) is 4.43. The first-order chi connectivity index (χ1) is 12.7. The standard InChI is InChI=1S/C18H23ClN4O4/c1-18(2,3)27-17(26)22-8-11(9-22)20-16(25)14-15(19)21-13(10-24)23(14)12-6-4-5-7-12/h4-5,10-12H,6-9H2,1-3H3,(H,20,25). The Morgan fingerprint density at radius 1 is 1.30 bits per heavy atom. The minimum absolute atomic E-state index is 0.00446. The summed E-state index contributed by atoms with van der Waals surface area (Å²) in [6.07, 6.45) is 5.62. The highest BCUT2D eigenvalue weighted by molar-refractivity contribution is 6.32. The highest BCUT2D eigenvalue weighted by atomic mass is 35.5. The number of nitrogens with zero attached hydrogens (tertiary/aromatic N) is 3. The van der Waals surface area contributed by atoms with Crippen molar-refractivity contribution in [1.29, 1.82) is 0 Å². The molecule has 1 aromatic heterocycles. The topological polar surface area (TPSA) is 93.5 Å². The van der Waals surface area contributed by atoms with E-state index in [0.717, 1.165) is 0 Å². The average Bonchev–Trinajstić information content (AvgIpc) is 3.15. The van der Waals surface area contributed by atoms with Crippen LogP contribution in [0.5, 0.6) is 0 Å². The van der Waals surface area contributed by atoms with Crippen LogP contribution in [0.2, 0.25) is 5.15 Å². The lowest BCUT2D eigenvalue weighted by Gasteiger charge is -2.40. The number of hydrogen-bond acceptors (Lipinski definition) is 5. The summed E-state index contributed by atoms with van der Waals surface area (Å²) >= 11 is 6.14. The van der Waals surface area contributed by atoms with Crippen molar-refractivity contribution in [3.05, 3.63) is 28.8 Å². The number of aromatic nitrogens is 2. The van der Waals surface area contributed by atoms with Gasteiger partial charge in [-0.3, -0.25) is 9.59 Å². The number of allylic oxidation sites excluding steroid dienone is 2. The molecule has 8 nitrogen and oxygen atoms in total. The van der Waals surface area contributed by atoms with Crippen LogP contribution in [0.15, 0.2) is 12.2 Å². The quantitative estimate of drug-likeness (QED) is 0.625. The van der Waals surface area contributed by atoms with E-state index in [-0.39, 0.29) is 28.8 Å². The van der Waals surface area contributed by atoms with E-state index in [0.29, 0.717) is 32.2 Å². The fourth-order valence-corrected chi connectivity index (χ4v) is 3.45. The molecule has 27 heavy (non-hydrogen) atoms. The monoisotopic (exact) mass is 394 g/mol. The SMILES string of the molecule is CC(C)(C)OC(=O)N1CC(NC(=O)c2c(Cl)nc(C=O)n2C2CC=CC2)C1. The lowest BCUT2D eigenvalue weighted by atomic mass is 10.1. The summed E-state index contributed by atoms with van der Waals surface area (Å²) in [7, 11) is 0. The number of likely N-dealkylation sites (tertiary alicyclic amines) is 1. The summed E-state index contributed by atoms with van der Waals surface area (Å²) in [6, 6.07) is -0.253. The van der Waals surface area contributed by atoms with Crippen LogP contribution < -0.4 is 5.32 Å². The number of amides is 2. The highest BCUT2D eigenvalue weighted by Gasteiger charge is 2.36. The molecule has 0 unspecified atom stereocenters. The number of ether oxygens (including phenoxy) is 1. The van der Waals surface area contributed by atoms with Gasteiger partial charge in [-0.2, -0.15) is 0 Å². The Kier molecular flexibility index (Phi) is 5.28. The van der Waals surface area contributed by atoms with Crippen molar-refractivity contribution in [3.63, 3.8) is 0 Å². The van der Waals surface area contributed by atoms with Crippen molar-refractivity contribution in [3.8, 4) is 0 Å². The fourth-order valence-electron chi connectivity index (χ4n) is 3.19. The zero-order chi connectivity index (χ0) is 19.8. The van der Waals surface area contributed by atoms with E-state index in [9.17, 15) is 14.4 Å². The zero-order valence-corrected chi connectivity index (χ0v) is 16.3. The number of hydrogen-bond donors (Lipinski definition) is 1. The van der Waals surface area contributed by atoms with Crippen molar-refractivity contribution in [1.82, 2.24) is 19.8 Å². The average molecular weight is 395 g/mol. The lowest BCUT2D eigenvalue weighted by Crippen LogP contribution is -2.61. The predicted molar refractivity (Wildman–Crippen MR) is 99.1 cm³/mol. The number of aldehydes is 1. The summed E-state index contributed by atoms with van der Waals surface area (Å²) in [4.78, 5) is 41.6. The molecule has 146 valence electrons. The second kappa shape index (κ2) is 7.34. The molecule has 1 aromatic rings. The fraction of sp³-hybridized carbons (Fsp3) is 0.556. The molecule has 2 aliphatic rings. The van der Waals surface area contributed by atoms with Gasteiger partial charge in [0.15, 0.2) is 17.3 Å². The maximum Gasteiger partial charge on any atom is 0.410 e. The Hall–Kier alpha value is -2.35. The molecule has 1 saturated heterocycles. The van der Waals surface area contributed by atoms with Crippen LogP contribution in [0.3, 0.4) is 0 Å². The molecule has 0 aromatic carbocycles. The van der Waals surface area contributed by atoms with Crippen LogP contribution in [0.4, 0.5) is 4.79 Å². The van der Waals surface area contributed by atoms with E-state index in [1.165, 1.54) is 4.90 Å². The molecule has 9 heteroatoms. The Morgan fingerprint density at radius 3 is 2.48 bits per heavy atom. The summed E-state index contributed by atoms with van der Waals surface area (Å²) < 4.78 is 6.90. The first-order valence-electron chi connectivity index (χ1n) is 8.86. The van der Waals surface area contributed by atoms with Crippen molar-refractivity contribution < 1.29 is 19.1 Å². The Labute approximate surface area is 162 Å². The zero-order valence-electron chi connectivity index (χ0n) is 15.6. The molecule has 0 bridgehead atoms. The maximum atomic E-state index is 12.8. The van der Waals surface area contributed by atoms with Gasteiger partial charge in [0.2, 0.25) is 0 Å². The van der Waals surface area contributed by atoms with Crippen LogP contribution in [-0.4, -0.2) is 57.5 Å². The number of carbonyl (C=O) groups excluding carboxylic acids is 3. The number of imidazole rings is 1. The molecular formula is C18H23ClN4O4. The number of carbonyl (C=O) groups is 3. The van der Waals surface area contributed by atoms with Crippen LogP contribution in [0, 0.1) is 0 Å². The Bertz CT molecular complexity index is 782. The highest BCUT2D eigenvalue weighted by Crippen LogP contribution is 2.30. The van der Waals surface area contributed by atoms with Crippen molar-refractivity contribution in [2.24, 2.45) is 0 Å². The molecule has 1 N–H and O–H groups in total. The Balaban J connectivity index is 1.65. The molecule has 0 spiro atoms. The van der Waals surface area contributed by atoms with Crippen molar-refractivity contribution in [2.75, 3.05) is 13.1 Å². The molecular weight excluding hydrogens is 372 g/mol. The van der Waals surface area contributed by atoms with E-state index in [2.05, 4.69) is 10.3 Å². The lowest BCUT2D eigenvalue weighted by molar-refractivity contribution is 0.00527. The third-order valence-corrected chi connectivity index (χ3v) is 4.70. The maximum absolute atomic E-state index is 12.8. The van der Waals surface area contributed by atoms with Crippen LogP contribution in [-0.2, 0) is 4.74 Å². The van der Waals surface area contributed by atoms with Crippen molar-refractivity contribution >= 4 is 29.9 Å². The van der Waals surface area contributed by atoms with E-state index in [4.69, 9.17) is 16.3 Å². The van der Waals surface area contributed by atoms with Gasteiger partial charge in [-0.25, -0.2) is 9.78 Å². The number of nitrogens with one attached hydrogen (secondary N) is 1. The predicted octanol–water partition coefficient (Wildman–Crippen LogP) is 2.59. The van der Waals surface area contributed by atoms with Gasteiger partial charge in [0.1, 0.15) is 11.3 Å². The molecule has 3 rings (SSSR count). The third kappa shape index (κ3) is 4.16. The van der Waals surface area contributed by atoms with E-state index >= 15 is 0 Å². The summed E-state index contributed by atoms with van der Waals surface area (Å²) in [5, 5.41) is 2.86. The molecule has 1 aliphatic carbocycles. The van der Waals surface area contributed by atoms with Gasteiger partial charge >= 0.3 is 6.09 Å². The second-order valence-electron chi connectivity index (χ2n) is 7.75. The normalized spacial score (nSPS) is 17.7. The van der Waals surface area contributed by atoms with Gasteiger partial charge in [0.25, 0.3) is 5.91 Å². The molecule has 0 radical (unpaired) electrons. The van der Waals surface area contributed by atoms with Crippen molar-refractivity contribution in [2.45, 2.75) is 51.3 Å². The second-order valence-corrected chi connectivity index (χ2v) is 8.11. The van der Waals surface area contributed by atoms with Gasteiger partial charge in [0.05, 0.1) is 6.04 Å². The number of halogens is 1. The molecule has 0 atom stereocenters. The minimum Gasteiger partial charge on any atom is -0.444 e. The summed E-state index contributed by atoms with van der Waals surface area (Å²) in [5.74, 6) is -0.260. The molecule has 0 saturated carbocycles. The van der Waals surface area contributed by atoms with E-state index in [1.54, 1.807) is 25.3 Å². The number of rotatable bonds is 4. The molecule has 2 amide bonds. The van der Waals surface area contributed by atoms with Gasteiger partial charge in [-0.15, -0.1) is 0 Å². The van der Waals surface area contributed by atoms with E-state index in [1.807, 2.05) is 12.2 Å². The van der Waals surface area contributed by atoms with Crippen LogP contribution in [0.1, 0.15) is 60.8 Å². The first-order valence-corrected chi connectivity index (χ1v) is 9.24. The minimum atomic E-state index is -0.564. The summed E-state index contributed by atoms with van der Waals surface area (Å²) in [5.41, 5.74) is -0.380. The molecule has 1 fully saturated rings. The van der Waals surface area contributed by atoms with Crippen LogP contribution in [0.25, 0.3) is 0 Å². The summed E-state index contributed by atoms with van der Waals surface area (Å²) in [6.45, 7) is 6.12. The smallest absolute Gasteiger partial charge is 0.410 e. The van der Waals surface area contributed by atoms with Gasteiger partial charge in [-0.05, 0) is 33.6 Å². The van der Waals surface area contributed by atoms with Gasteiger partial charge < -0.3 is 19.5 Å². The van der Waals surface area contributed by atoms with E-state index < -0.39 is 17.6 Å². The van der Waals surface area contributed by atoms with Gasteiger partial charge in [-0.1, -0.05) is 23.8 Å².